The van der Waals surface area contributed by atoms with Gasteiger partial charge in [0.1, 0.15) is 30.0 Å². The van der Waals surface area contributed by atoms with Crippen molar-refractivity contribution in [3.05, 3.63) is 65.2 Å². The summed E-state index contributed by atoms with van der Waals surface area (Å²) in [6.45, 7) is 6.41. The number of terminal acetylenes is 1. The lowest BCUT2D eigenvalue weighted by Crippen LogP contribution is -2.52. The summed E-state index contributed by atoms with van der Waals surface area (Å²) in [5.41, 5.74) is 0.987. The number of hydrogen-bond acceptors (Lipinski definition) is 7. The highest BCUT2D eigenvalue weighted by Gasteiger charge is 2.36. The monoisotopic (exact) mass is 523 g/mol. The van der Waals surface area contributed by atoms with E-state index in [9.17, 15) is 24.3 Å². The van der Waals surface area contributed by atoms with Crippen LogP contribution < -0.4 is 10.6 Å². The number of aromatic hydroxyl groups is 1. The first-order valence-corrected chi connectivity index (χ1v) is 11.8. The van der Waals surface area contributed by atoms with Crippen molar-refractivity contribution in [3.8, 4) is 18.2 Å². The first-order chi connectivity index (χ1) is 17.8. The summed E-state index contributed by atoms with van der Waals surface area (Å²) in [7, 11) is 1.18. The number of amides is 3. The molecule has 10 nitrogen and oxygen atoms in total. The molecule has 0 heterocycles. The van der Waals surface area contributed by atoms with Gasteiger partial charge in [0, 0.05) is 12.5 Å². The van der Waals surface area contributed by atoms with Gasteiger partial charge in [-0.05, 0) is 51.0 Å². The lowest BCUT2D eigenvalue weighted by molar-refractivity contribution is -0.142. The number of benzene rings is 2. The molecule has 2 aromatic rings. The number of nitrogens with zero attached hydrogens (tertiary/aromatic N) is 1. The Kier molecular flexibility index (Phi) is 10.3. The molecule has 0 aliphatic heterocycles. The number of alkyl carbamates (subject to hydrolysis) is 1. The SMILES string of the molecule is C#CN(C(=O)C(Cc1ccc(O)cc1)NC(=O)OC(C)(C)C)C(C(=O)NCC(=O)OC)c1cccc(C)c1. The van der Waals surface area contributed by atoms with E-state index in [0.29, 0.717) is 11.1 Å². The minimum absolute atomic E-state index is 0.0130. The zero-order chi connectivity index (χ0) is 28.5. The van der Waals surface area contributed by atoms with Gasteiger partial charge >= 0.3 is 12.1 Å². The van der Waals surface area contributed by atoms with Crippen LogP contribution in [0.2, 0.25) is 0 Å². The molecule has 0 aliphatic carbocycles. The topological polar surface area (TPSA) is 134 Å². The van der Waals surface area contributed by atoms with Crippen LogP contribution in [-0.4, -0.2) is 59.2 Å². The molecule has 0 spiro atoms. The van der Waals surface area contributed by atoms with Crippen molar-refractivity contribution in [2.24, 2.45) is 0 Å². The zero-order valence-electron chi connectivity index (χ0n) is 22.1. The number of methoxy groups -OCH3 is 1. The van der Waals surface area contributed by atoms with E-state index in [0.717, 1.165) is 10.5 Å². The van der Waals surface area contributed by atoms with Crippen LogP contribution >= 0.6 is 0 Å². The Hall–Kier alpha value is -4.52. The highest BCUT2D eigenvalue weighted by atomic mass is 16.6. The largest absolute Gasteiger partial charge is 0.508 e. The Morgan fingerprint density at radius 2 is 1.76 bits per heavy atom. The predicted molar refractivity (Wildman–Crippen MR) is 140 cm³/mol. The van der Waals surface area contributed by atoms with Crippen molar-refractivity contribution in [1.82, 2.24) is 15.5 Å². The number of hydrogen-bond donors (Lipinski definition) is 3. The molecule has 2 atom stereocenters. The van der Waals surface area contributed by atoms with Gasteiger partial charge in [-0.15, -0.1) is 0 Å². The quantitative estimate of drug-likeness (QED) is 0.261. The van der Waals surface area contributed by atoms with Gasteiger partial charge in [-0.25, -0.2) is 4.79 Å². The summed E-state index contributed by atoms with van der Waals surface area (Å²) in [4.78, 5) is 52.2. The van der Waals surface area contributed by atoms with Gasteiger partial charge in [0.25, 0.3) is 5.91 Å². The van der Waals surface area contributed by atoms with Crippen molar-refractivity contribution in [3.63, 3.8) is 0 Å². The molecule has 2 aromatic carbocycles. The van der Waals surface area contributed by atoms with Crippen LogP contribution in [0.5, 0.6) is 5.75 Å². The Balaban J connectivity index is 2.48. The summed E-state index contributed by atoms with van der Waals surface area (Å²) >= 11 is 0. The van der Waals surface area contributed by atoms with Crippen LogP contribution in [-0.2, 0) is 30.3 Å². The minimum atomic E-state index is -1.32. The number of carbonyl (C=O) groups is 4. The second-order valence-electron chi connectivity index (χ2n) is 9.52. The number of aryl methyl sites for hydroxylation is 1. The van der Waals surface area contributed by atoms with Gasteiger partial charge in [0.2, 0.25) is 5.91 Å². The molecule has 202 valence electrons. The summed E-state index contributed by atoms with van der Waals surface area (Å²) in [6.07, 6.45) is 4.89. The number of rotatable bonds is 9. The fourth-order valence-corrected chi connectivity index (χ4v) is 3.54. The smallest absolute Gasteiger partial charge is 0.408 e. The molecule has 10 heteroatoms. The second-order valence-corrected chi connectivity index (χ2v) is 9.52. The van der Waals surface area contributed by atoms with E-state index in [1.54, 1.807) is 51.1 Å². The third kappa shape index (κ3) is 8.85. The molecule has 0 fully saturated rings. The summed E-state index contributed by atoms with van der Waals surface area (Å²) < 4.78 is 9.91. The summed E-state index contributed by atoms with van der Waals surface area (Å²) in [6, 6.07) is 12.6. The van der Waals surface area contributed by atoms with Crippen LogP contribution in [0.3, 0.4) is 0 Å². The van der Waals surface area contributed by atoms with Gasteiger partial charge < -0.3 is 25.2 Å². The average Bonchev–Trinajstić information content (AvgIpc) is 2.84. The fraction of sp³-hybridized carbons (Fsp3) is 0.357. The van der Waals surface area contributed by atoms with Gasteiger partial charge in [-0.2, -0.15) is 0 Å². The van der Waals surface area contributed by atoms with Gasteiger partial charge in [0.15, 0.2) is 0 Å². The summed E-state index contributed by atoms with van der Waals surface area (Å²) in [5, 5.41) is 14.6. The molecule has 0 bridgehead atoms. The Bertz CT molecular complexity index is 1200. The van der Waals surface area contributed by atoms with Crippen LogP contribution in [0.15, 0.2) is 48.5 Å². The maximum absolute atomic E-state index is 13.8. The third-order valence-electron chi connectivity index (χ3n) is 5.24. The standard InChI is InChI=1S/C28H33N3O7/c1-7-31(24(20-10-8-9-18(2)15-20)25(34)29-17-23(33)37-6)26(35)22(30-27(36)38-28(3,4)5)16-19-11-13-21(32)14-12-19/h1,8-15,22,24,32H,16-17H2,2-6H3,(H,29,34)(H,30,36). The van der Waals surface area contributed by atoms with Crippen molar-refractivity contribution in [2.75, 3.05) is 13.7 Å². The third-order valence-corrected chi connectivity index (χ3v) is 5.24. The van der Waals surface area contributed by atoms with Crippen molar-refractivity contribution >= 4 is 23.9 Å². The molecule has 0 radical (unpaired) electrons. The molecule has 3 N–H and O–H groups in total. The van der Waals surface area contributed by atoms with Crippen LogP contribution in [0.1, 0.15) is 43.5 Å². The minimum Gasteiger partial charge on any atom is -0.508 e. The van der Waals surface area contributed by atoms with Crippen LogP contribution in [0.25, 0.3) is 0 Å². The van der Waals surface area contributed by atoms with Crippen molar-refractivity contribution in [1.29, 1.82) is 0 Å². The lowest BCUT2D eigenvalue weighted by atomic mass is 9.99. The van der Waals surface area contributed by atoms with E-state index in [1.165, 1.54) is 19.2 Å². The molecule has 38 heavy (non-hydrogen) atoms. The molecule has 0 aliphatic rings. The highest BCUT2D eigenvalue weighted by Crippen LogP contribution is 2.24. The van der Waals surface area contributed by atoms with E-state index >= 15 is 0 Å². The number of phenols is 1. The van der Waals surface area contributed by atoms with Gasteiger partial charge in [-0.3, -0.25) is 19.3 Å². The van der Waals surface area contributed by atoms with Crippen molar-refractivity contribution in [2.45, 2.75) is 51.8 Å². The van der Waals surface area contributed by atoms with Crippen LogP contribution in [0.4, 0.5) is 4.79 Å². The fourth-order valence-electron chi connectivity index (χ4n) is 3.54. The zero-order valence-corrected chi connectivity index (χ0v) is 22.1. The first-order valence-electron chi connectivity index (χ1n) is 11.8. The number of esters is 1. The van der Waals surface area contributed by atoms with E-state index in [2.05, 4.69) is 21.4 Å². The average molecular weight is 524 g/mol. The number of ether oxygens (including phenoxy) is 2. The number of phenolic OH excluding ortho intramolecular Hbond substituents is 1. The first kappa shape index (κ1) is 29.7. The number of carbonyl (C=O) groups excluding carboxylic acids is 4. The Labute approximate surface area is 222 Å². The maximum atomic E-state index is 13.8. The van der Waals surface area contributed by atoms with E-state index in [4.69, 9.17) is 11.2 Å². The second kappa shape index (κ2) is 13.1. The molecule has 0 aromatic heterocycles. The van der Waals surface area contributed by atoms with Crippen molar-refractivity contribution < 1.29 is 33.8 Å². The van der Waals surface area contributed by atoms with Gasteiger partial charge in [0.05, 0.1) is 7.11 Å². The van der Waals surface area contributed by atoms with E-state index in [-0.39, 0.29) is 12.2 Å². The van der Waals surface area contributed by atoms with E-state index in [1.807, 2.05) is 13.0 Å². The molecule has 2 rings (SSSR count). The highest BCUT2D eigenvalue weighted by molar-refractivity contribution is 5.94. The summed E-state index contributed by atoms with van der Waals surface area (Å²) in [5.74, 6) is -2.13. The molecule has 0 saturated heterocycles. The molecule has 0 saturated carbocycles. The molecular formula is C28H33N3O7. The Morgan fingerprint density at radius 3 is 2.32 bits per heavy atom. The van der Waals surface area contributed by atoms with E-state index < -0.39 is 48.1 Å². The van der Waals surface area contributed by atoms with Gasteiger partial charge in [-0.1, -0.05) is 48.4 Å². The normalized spacial score (nSPS) is 12.3. The molecule has 2 unspecified atom stereocenters. The molecular weight excluding hydrogens is 490 g/mol. The predicted octanol–water partition coefficient (Wildman–Crippen LogP) is 2.59. The molecule has 3 amide bonds. The maximum Gasteiger partial charge on any atom is 0.408 e. The number of nitrogens with one attached hydrogen (secondary N) is 2. The Morgan fingerprint density at radius 1 is 1.11 bits per heavy atom. The van der Waals surface area contributed by atoms with Crippen LogP contribution in [0, 0.1) is 19.4 Å². The lowest BCUT2D eigenvalue weighted by Gasteiger charge is -2.30.